The van der Waals surface area contributed by atoms with Gasteiger partial charge in [0.15, 0.2) is 0 Å². The van der Waals surface area contributed by atoms with Crippen LogP contribution in [0.5, 0.6) is 0 Å². The molecule has 0 spiro atoms. The summed E-state index contributed by atoms with van der Waals surface area (Å²) >= 11 is 3.78. The fourth-order valence-corrected chi connectivity index (χ4v) is 5.08. The second kappa shape index (κ2) is 7.76. The normalized spacial score (nSPS) is 29.6. The molecule has 0 amide bonds. The van der Waals surface area contributed by atoms with Crippen LogP contribution in [0.15, 0.2) is 0 Å². The molecule has 0 bridgehead atoms. The van der Waals surface area contributed by atoms with Crippen LogP contribution in [0, 0.1) is 5.41 Å². The standard InChI is InChI=1S/C17H31BrN2O/c18-14-17(6-12-21-13-7-17)15-19-10-4-16(5-11-19)20-8-2-1-3-9-20/h16H,1-15H2. The Bertz CT molecular complexity index is 306. The number of rotatable bonds is 4. The Morgan fingerprint density at radius 2 is 1.62 bits per heavy atom. The zero-order chi connectivity index (χ0) is 14.5. The SMILES string of the molecule is BrCC1(CN2CCC(N3CCCCC3)CC2)CCOCC1. The predicted molar refractivity (Wildman–Crippen MR) is 91.2 cm³/mol. The summed E-state index contributed by atoms with van der Waals surface area (Å²) in [6.07, 6.45) is 9.52. The van der Waals surface area contributed by atoms with Crippen LogP contribution in [0.4, 0.5) is 0 Å². The minimum atomic E-state index is 0.468. The molecule has 21 heavy (non-hydrogen) atoms. The van der Waals surface area contributed by atoms with Crippen LogP contribution in [0.3, 0.4) is 0 Å². The van der Waals surface area contributed by atoms with E-state index in [-0.39, 0.29) is 0 Å². The summed E-state index contributed by atoms with van der Waals surface area (Å²) < 4.78 is 5.57. The van der Waals surface area contributed by atoms with E-state index in [0.717, 1.165) is 24.6 Å². The molecule has 0 aliphatic carbocycles. The van der Waals surface area contributed by atoms with E-state index in [0.29, 0.717) is 5.41 Å². The quantitative estimate of drug-likeness (QED) is 0.718. The minimum absolute atomic E-state index is 0.468. The molecule has 0 saturated carbocycles. The minimum Gasteiger partial charge on any atom is -0.381 e. The lowest BCUT2D eigenvalue weighted by atomic mass is 9.81. The van der Waals surface area contributed by atoms with Crippen LogP contribution in [0.2, 0.25) is 0 Å². The molecule has 122 valence electrons. The average Bonchev–Trinajstić information content (AvgIpc) is 2.57. The molecule has 3 heterocycles. The second-order valence-electron chi connectivity index (χ2n) is 7.35. The van der Waals surface area contributed by atoms with Crippen LogP contribution in [-0.2, 0) is 4.74 Å². The molecule has 0 atom stereocenters. The van der Waals surface area contributed by atoms with E-state index in [1.807, 2.05) is 0 Å². The lowest BCUT2D eigenvalue weighted by Gasteiger charge is -2.44. The Hall–Kier alpha value is 0.360. The van der Waals surface area contributed by atoms with Gasteiger partial charge >= 0.3 is 0 Å². The van der Waals surface area contributed by atoms with Gasteiger partial charge in [-0.25, -0.2) is 0 Å². The lowest BCUT2D eigenvalue weighted by molar-refractivity contribution is -0.00139. The van der Waals surface area contributed by atoms with Crippen molar-refractivity contribution < 1.29 is 4.74 Å². The van der Waals surface area contributed by atoms with E-state index >= 15 is 0 Å². The van der Waals surface area contributed by atoms with Crippen molar-refractivity contribution in [1.82, 2.24) is 9.80 Å². The van der Waals surface area contributed by atoms with Gasteiger partial charge in [0.2, 0.25) is 0 Å². The number of halogens is 1. The van der Waals surface area contributed by atoms with Crippen LogP contribution < -0.4 is 0 Å². The first-order valence-corrected chi connectivity index (χ1v) is 10.0. The Kier molecular flexibility index (Phi) is 6.00. The molecule has 0 radical (unpaired) electrons. The van der Waals surface area contributed by atoms with E-state index in [9.17, 15) is 0 Å². The van der Waals surface area contributed by atoms with Crippen LogP contribution in [0.25, 0.3) is 0 Å². The van der Waals surface area contributed by atoms with Crippen molar-refractivity contribution in [2.75, 3.05) is 51.3 Å². The van der Waals surface area contributed by atoms with Gasteiger partial charge in [-0.05, 0) is 70.1 Å². The van der Waals surface area contributed by atoms with Gasteiger partial charge in [0, 0.05) is 31.1 Å². The summed E-state index contributed by atoms with van der Waals surface area (Å²) in [4.78, 5) is 5.50. The number of likely N-dealkylation sites (tertiary alicyclic amines) is 2. The van der Waals surface area contributed by atoms with Crippen molar-refractivity contribution in [3.8, 4) is 0 Å². The summed E-state index contributed by atoms with van der Waals surface area (Å²) in [6, 6.07) is 0.871. The number of hydrogen-bond acceptors (Lipinski definition) is 3. The van der Waals surface area contributed by atoms with Gasteiger partial charge in [-0.1, -0.05) is 22.4 Å². The van der Waals surface area contributed by atoms with Crippen molar-refractivity contribution in [3.05, 3.63) is 0 Å². The van der Waals surface area contributed by atoms with Gasteiger partial charge in [-0.3, -0.25) is 0 Å². The topological polar surface area (TPSA) is 15.7 Å². The predicted octanol–water partition coefficient (Wildman–Crippen LogP) is 3.13. The largest absolute Gasteiger partial charge is 0.381 e. The Morgan fingerprint density at radius 1 is 0.952 bits per heavy atom. The molecule has 3 aliphatic heterocycles. The Morgan fingerprint density at radius 3 is 2.24 bits per heavy atom. The second-order valence-corrected chi connectivity index (χ2v) is 7.91. The lowest BCUT2D eigenvalue weighted by Crippen LogP contribution is -2.50. The van der Waals surface area contributed by atoms with E-state index < -0.39 is 0 Å². The molecule has 3 aliphatic rings. The zero-order valence-corrected chi connectivity index (χ0v) is 15.0. The maximum Gasteiger partial charge on any atom is 0.0472 e. The van der Waals surface area contributed by atoms with E-state index in [1.54, 1.807) is 0 Å². The average molecular weight is 359 g/mol. The van der Waals surface area contributed by atoms with Gasteiger partial charge in [0.05, 0.1) is 0 Å². The molecule has 3 fully saturated rings. The number of nitrogens with zero attached hydrogens (tertiary/aromatic N) is 2. The first-order valence-electron chi connectivity index (χ1n) is 8.91. The molecule has 3 nitrogen and oxygen atoms in total. The third kappa shape index (κ3) is 4.21. The maximum atomic E-state index is 5.57. The molecule has 4 heteroatoms. The summed E-state index contributed by atoms with van der Waals surface area (Å²) in [7, 11) is 0. The van der Waals surface area contributed by atoms with Gasteiger partial charge in [-0.15, -0.1) is 0 Å². The number of ether oxygens (including phenoxy) is 1. The van der Waals surface area contributed by atoms with Crippen LogP contribution in [-0.4, -0.2) is 67.1 Å². The molecule has 3 saturated heterocycles. The number of alkyl halides is 1. The zero-order valence-electron chi connectivity index (χ0n) is 13.4. The van der Waals surface area contributed by atoms with Crippen LogP contribution >= 0.6 is 15.9 Å². The highest BCUT2D eigenvalue weighted by Gasteiger charge is 2.35. The van der Waals surface area contributed by atoms with E-state index in [4.69, 9.17) is 4.74 Å². The summed E-state index contributed by atoms with van der Waals surface area (Å²) in [6.45, 7) is 8.49. The van der Waals surface area contributed by atoms with Gasteiger partial charge < -0.3 is 14.5 Å². The van der Waals surface area contributed by atoms with E-state index in [2.05, 4.69) is 25.7 Å². The highest BCUT2D eigenvalue weighted by molar-refractivity contribution is 9.09. The van der Waals surface area contributed by atoms with Crippen LogP contribution in [0.1, 0.15) is 44.9 Å². The van der Waals surface area contributed by atoms with Crippen molar-refractivity contribution in [1.29, 1.82) is 0 Å². The van der Waals surface area contributed by atoms with Crippen molar-refractivity contribution in [3.63, 3.8) is 0 Å². The highest BCUT2D eigenvalue weighted by atomic mass is 79.9. The third-order valence-corrected chi connectivity index (χ3v) is 7.05. The summed E-state index contributed by atoms with van der Waals surface area (Å²) in [5, 5.41) is 1.13. The molecule has 0 aromatic rings. The van der Waals surface area contributed by atoms with Gasteiger partial charge in [-0.2, -0.15) is 0 Å². The smallest absolute Gasteiger partial charge is 0.0472 e. The number of hydrogen-bond donors (Lipinski definition) is 0. The molecule has 3 rings (SSSR count). The van der Waals surface area contributed by atoms with Gasteiger partial charge in [0.1, 0.15) is 0 Å². The monoisotopic (exact) mass is 358 g/mol. The highest BCUT2D eigenvalue weighted by Crippen LogP contribution is 2.34. The number of piperidine rings is 2. The Balaban J connectivity index is 1.46. The molecule has 0 aromatic carbocycles. The summed E-state index contributed by atoms with van der Waals surface area (Å²) in [5.41, 5.74) is 0.468. The molecular formula is C17H31BrN2O. The summed E-state index contributed by atoms with van der Waals surface area (Å²) in [5.74, 6) is 0. The molecule has 0 N–H and O–H groups in total. The third-order valence-electron chi connectivity index (χ3n) is 5.86. The molecular weight excluding hydrogens is 328 g/mol. The van der Waals surface area contributed by atoms with Gasteiger partial charge in [0.25, 0.3) is 0 Å². The van der Waals surface area contributed by atoms with Crippen molar-refractivity contribution >= 4 is 15.9 Å². The fraction of sp³-hybridized carbons (Fsp3) is 1.00. The fourth-order valence-electron chi connectivity index (χ4n) is 4.34. The van der Waals surface area contributed by atoms with E-state index in [1.165, 1.54) is 77.7 Å². The van der Waals surface area contributed by atoms with Crippen molar-refractivity contribution in [2.45, 2.75) is 51.0 Å². The Labute approximate surface area is 138 Å². The van der Waals surface area contributed by atoms with Crippen molar-refractivity contribution in [2.24, 2.45) is 5.41 Å². The maximum absolute atomic E-state index is 5.57. The first-order chi connectivity index (χ1) is 10.3. The molecule has 0 unspecified atom stereocenters. The molecule has 0 aromatic heterocycles. The first kappa shape index (κ1) is 16.2.